The first-order valence-electron chi connectivity index (χ1n) is 10.6. The van der Waals surface area contributed by atoms with Crippen LogP contribution >= 0.6 is 11.3 Å². The number of carbonyl (C=O) groups excluding carboxylic acids is 2. The summed E-state index contributed by atoms with van der Waals surface area (Å²) in [7, 11) is 1.29. The zero-order chi connectivity index (χ0) is 26.4. The Balaban J connectivity index is 0.000000840. The molecule has 0 radical (unpaired) electrons. The van der Waals surface area contributed by atoms with Crippen molar-refractivity contribution in [2.75, 3.05) is 7.11 Å². The Morgan fingerprint density at radius 1 is 1.14 bits per heavy atom. The number of hydrogen-bond acceptors (Lipinski definition) is 9. The third-order valence-corrected chi connectivity index (χ3v) is 5.85. The summed E-state index contributed by atoms with van der Waals surface area (Å²) < 4.78 is 12.1. The lowest BCUT2D eigenvalue weighted by Gasteiger charge is -2.24. The summed E-state index contributed by atoms with van der Waals surface area (Å²) >= 11 is 1.24. The predicted molar refractivity (Wildman–Crippen MR) is 131 cm³/mol. The van der Waals surface area contributed by atoms with Crippen LogP contribution in [0.4, 0.5) is 0 Å². The van der Waals surface area contributed by atoms with Gasteiger partial charge in [-0.15, -0.1) is 0 Å². The number of carboxylic acids is 1. The fourth-order valence-electron chi connectivity index (χ4n) is 3.50. The number of ether oxygens (including phenoxy) is 2. The van der Waals surface area contributed by atoms with E-state index >= 15 is 0 Å². The van der Waals surface area contributed by atoms with Gasteiger partial charge in [-0.1, -0.05) is 29.5 Å². The van der Waals surface area contributed by atoms with Crippen LogP contribution < -0.4 is 19.6 Å². The van der Waals surface area contributed by atoms with Gasteiger partial charge in [0.2, 0.25) is 0 Å². The van der Waals surface area contributed by atoms with Crippen LogP contribution in [-0.2, 0) is 19.1 Å². The second-order valence-corrected chi connectivity index (χ2v) is 8.55. The Bertz CT molecular complexity index is 1500. The molecule has 1 N–H and O–H groups in total. The number of carbonyl (C=O) groups is 3. The van der Waals surface area contributed by atoms with Crippen LogP contribution in [0, 0.1) is 0 Å². The molecule has 1 atom stereocenters. The molecule has 3 aromatic rings. The lowest BCUT2D eigenvalue weighted by molar-refractivity contribution is -0.137. The van der Waals surface area contributed by atoms with E-state index in [9.17, 15) is 14.4 Å². The van der Waals surface area contributed by atoms with Crippen LogP contribution in [-0.4, -0.2) is 39.7 Å². The van der Waals surface area contributed by atoms with Crippen molar-refractivity contribution in [2.24, 2.45) is 4.99 Å². The minimum Gasteiger partial charge on any atom is -0.481 e. The van der Waals surface area contributed by atoms with Gasteiger partial charge in [0.15, 0.2) is 4.80 Å². The molecule has 0 bridgehead atoms. The first-order valence-corrected chi connectivity index (χ1v) is 11.4. The number of aliphatic carboxylic acids is 1. The molecule has 0 spiro atoms. The van der Waals surface area contributed by atoms with E-state index in [4.69, 9.17) is 19.4 Å². The normalized spacial score (nSPS) is 14.7. The summed E-state index contributed by atoms with van der Waals surface area (Å²) in [4.78, 5) is 55.3. The third kappa shape index (κ3) is 5.99. The van der Waals surface area contributed by atoms with E-state index in [0.717, 1.165) is 12.5 Å². The van der Waals surface area contributed by atoms with Crippen molar-refractivity contribution in [3.8, 4) is 5.75 Å². The smallest absolute Gasteiger partial charge is 0.338 e. The third-order valence-electron chi connectivity index (χ3n) is 4.87. The highest BCUT2D eigenvalue weighted by Gasteiger charge is 2.33. The molecule has 11 heteroatoms. The van der Waals surface area contributed by atoms with Gasteiger partial charge in [0.05, 0.1) is 29.0 Å². The fourth-order valence-corrected chi connectivity index (χ4v) is 4.55. The molecule has 1 unspecified atom stereocenters. The summed E-state index contributed by atoms with van der Waals surface area (Å²) in [5.41, 5.74) is 1.90. The number of fused-ring (bicyclic) bond motifs is 1. The van der Waals surface area contributed by atoms with Gasteiger partial charge < -0.3 is 14.6 Å². The molecular formula is C25H23N3O7S. The molecule has 0 fully saturated rings. The van der Waals surface area contributed by atoms with Gasteiger partial charge >= 0.3 is 11.9 Å². The molecule has 2 aromatic heterocycles. The fraction of sp³-hybridized carbons (Fsp3) is 0.200. The first-order chi connectivity index (χ1) is 17.1. The molecule has 1 aliphatic rings. The van der Waals surface area contributed by atoms with Crippen LogP contribution in [0.5, 0.6) is 5.75 Å². The topological polar surface area (TPSA) is 137 Å². The van der Waals surface area contributed by atoms with E-state index in [1.54, 1.807) is 55.7 Å². The first kappa shape index (κ1) is 26.2. The highest BCUT2D eigenvalue weighted by molar-refractivity contribution is 7.07. The van der Waals surface area contributed by atoms with E-state index in [-0.39, 0.29) is 11.1 Å². The second kappa shape index (κ2) is 11.4. The zero-order valence-electron chi connectivity index (χ0n) is 19.9. The largest absolute Gasteiger partial charge is 0.481 e. The van der Waals surface area contributed by atoms with Gasteiger partial charge in [-0.3, -0.25) is 23.9 Å². The highest BCUT2D eigenvalue weighted by atomic mass is 32.1. The van der Waals surface area contributed by atoms with E-state index < -0.39 is 23.9 Å². The molecule has 36 heavy (non-hydrogen) atoms. The maximum absolute atomic E-state index is 13.4. The van der Waals surface area contributed by atoms with Gasteiger partial charge in [-0.25, -0.2) is 9.79 Å². The van der Waals surface area contributed by atoms with Crippen LogP contribution in [0.2, 0.25) is 0 Å². The number of aromatic nitrogens is 2. The predicted octanol–water partition coefficient (Wildman–Crippen LogP) is 1.82. The highest BCUT2D eigenvalue weighted by Crippen LogP contribution is 2.31. The number of rotatable bonds is 4. The quantitative estimate of drug-likeness (QED) is 0.415. The van der Waals surface area contributed by atoms with Crippen molar-refractivity contribution in [1.82, 2.24) is 9.55 Å². The average Bonchev–Trinajstić information content (AvgIpc) is 3.12. The van der Waals surface area contributed by atoms with Crippen LogP contribution in [0.1, 0.15) is 37.9 Å². The lowest BCUT2D eigenvalue weighted by Crippen LogP contribution is -2.39. The van der Waals surface area contributed by atoms with Crippen molar-refractivity contribution in [3.63, 3.8) is 0 Å². The minimum absolute atomic E-state index is 0.271. The van der Waals surface area contributed by atoms with Crippen LogP contribution in [0.15, 0.2) is 69.8 Å². The Morgan fingerprint density at radius 3 is 2.36 bits per heavy atom. The average molecular weight is 510 g/mol. The van der Waals surface area contributed by atoms with Crippen molar-refractivity contribution in [1.29, 1.82) is 0 Å². The van der Waals surface area contributed by atoms with Crippen molar-refractivity contribution >= 4 is 35.3 Å². The maximum Gasteiger partial charge on any atom is 0.338 e. The number of carboxylic acid groups (broad SMARTS) is 1. The summed E-state index contributed by atoms with van der Waals surface area (Å²) in [6.07, 6.45) is 5.06. The molecule has 0 saturated carbocycles. The molecule has 10 nitrogen and oxygen atoms in total. The summed E-state index contributed by atoms with van der Waals surface area (Å²) in [5, 5.41) is 7.42. The number of hydrogen-bond donors (Lipinski definition) is 1. The summed E-state index contributed by atoms with van der Waals surface area (Å²) in [5.74, 6) is -1.47. The number of benzene rings is 1. The number of nitrogens with zero attached hydrogens (tertiary/aromatic N) is 3. The van der Waals surface area contributed by atoms with E-state index in [1.165, 1.54) is 29.9 Å². The minimum atomic E-state index is -0.833. The molecule has 0 amide bonds. The second-order valence-electron chi connectivity index (χ2n) is 7.54. The lowest BCUT2D eigenvalue weighted by atomic mass is 9.96. The number of methoxy groups -OCH3 is 1. The van der Waals surface area contributed by atoms with Crippen molar-refractivity contribution in [3.05, 3.63) is 90.9 Å². The number of allylic oxidation sites excluding steroid dienone is 1. The summed E-state index contributed by atoms with van der Waals surface area (Å²) in [6, 6.07) is 9.56. The van der Waals surface area contributed by atoms with E-state index in [1.807, 2.05) is 6.07 Å². The van der Waals surface area contributed by atoms with Gasteiger partial charge in [0.25, 0.3) is 11.5 Å². The van der Waals surface area contributed by atoms with Crippen molar-refractivity contribution in [2.45, 2.75) is 26.8 Å². The Hall–Kier alpha value is -4.38. The van der Waals surface area contributed by atoms with Crippen molar-refractivity contribution < 1.29 is 29.0 Å². The molecule has 1 aromatic carbocycles. The molecule has 186 valence electrons. The molecule has 4 rings (SSSR count). The van der Waals surface area contributed by atoms with Crippen LogP contribution in [0.25, 0.3) is 6.08 Å². The number of thiazole rings is 1. The van der Waals surface area contributed by atoms with Gasteiger partial charge in [-0.05, 0) is 42.3 Å². The molecular weight excluding hydrogens is 486 g/mol. The Morgan fingerprint density at radius 2 is 1.81 bits per heavy atom. The van der Waals surface area contributed by atoms with E-state index in [2.05, 4.69) is 9.98 Å². The summed E-state index contributed by atoms with van der Waals surface area (Å²) in [6.45, 7) is 4.11. The molecule has 0 aliphatic carbocycles. The van der Waals surface area contributed by atoms with Crippen LogP contribution in [0.3, 0.4) is 0 Å². The molecule has 0 saturated heterocycles. The number of pyridine rings is 1. The molecule has 1 aliphatic heterocycles. The van der Waals surface area contributed by atoms with E-state index in [0.29, 0.717) is 26.3 Å². The Labute approximate surface area is 209 Å². The standard InChI is InChI=1S/C23H19N3O5S.C2H4O2/c1-13-19(22(29)30-3)20(16-6-8-17(9-7-16)31-14(2)27)26-21(28)18(32-23(26)25-13)11-15-5-4-10-24-12-15;1-2(3)4/h4-12,20H,1-3H3;1H3,(H,3,4). The molecule has 3 heterocycles. The maximum atomic E-state index is 13.4. The monoisotopic (exact) mass is 509 g/mol. The SMILES string of the molecule is CC(=O)O.COC(=O)C1=C(C)N=c2sc(=Cc3cccnc3)c(=O)n2C1c1ccc(OC(C)=O)cc1. The Kier molecular flexibility index (Phi) is 8.28. The van der Waals surface area contributed by atoms with Gasteiger partial charge in [0.1, 0.15) is 5.75 Å². The zero-order valence-corrected chi connectivity index (χ0v) is 20.7. The number of esters is 2. The van der Waals surface area contributed by atoms with Gasteiger partial charge in [0, 0.05) is 26.2 Å². The van der Waals surface area contributed by atoms with Gasteiger partial charge in [-0.2, -0.15) is 0 Å².